The number of rotatable bonds is 3. The molecule has 1 aromatic carbocycles. The topological polar surface area (TPSA) is 57.7 Å². The van der Waals surface area contributed by atoms with E-state index in [0.29, 0.717) is 24.5 Å². The third kappa shape index (κ3) is 2.98. The van der Waals surface area contributed by atoms with Crippen molar-refractivity contribution < 1.29 is 14.4 Å². The number of nitrogens with zero attached hydrogens (tertiary/aromatic N) is 2. The normalized spacial score (nSPS) is 21.8. The summed E-state index contributed by atoms with van der Waals surface area (Å²) < 4.78 is 0. The fraction of sp³-hybridized carbons (Fsp3) is 0.400. The van der Waals surface area contributed by atoms with Crippen LogP contribution in [0.25, 0.3) is 0 Å². The molecule has 0 aliphatic carbocycles. The lowest BCUT2D eigenvalue weighted by Crippen LogP contribution is -2.41. The summed E-state index contributed by atoms with van der Waals surface area (Å²) in [6.45, 7) is 0.983. The number of benzene rings is 1. The van der Waals surface area contributed by atoms with Gasteiger partial charge in [0.2, 0.25) is 11.8 Å². The number of hydrogen-bond acceptors (Lipinski definition) is 4. The Morgan fingerprint density at radius 3 is 2.77 bits per heavy atom. The lowest BCUT2D eigenvalue weighted by Gasteiger charge is -2.22. The Bertz CT molecular complexity index is 621. The number of carbonyl (C=O) groups is 3. The van der Waals surface area contributed by atoms with Crippen LogP contribution in [0.5, 0.6) is 0 Å². The van der Waals surface area contributed by atoms with Crippen molar-refractivity contribution in [1.29, 1.82) is 0 Å². The summed E-state index contributed by atoms with van der Waals surface area (Å²) in [6.07, 6.45) is 0.884. The zero-order valence-corrected chi connectivity index (χ0v) is 13.4. The largest absolute Gasteiger partial charge is 0.340 e. The van der Waals surface area contributed by atoms with Gasteiger partial charge in [-0.3, -0.25) is 19.3 Å². The van der Waals surface area contributed by atoms with Gasteiger partial charge in [0, 0.05) is 18.1 Å². The summed E-state index contributed by atoms with van der Waals surface area (Å²) >= 11 is 7.11. The molecule has 0 radical (unpaired) electrons. The molecule has 116 valence electrons. The summed E-state index contributed by atoms with van der Waals surface area (Å²) in [5.74, 6) is 0.0332. The van der Waals surface area contributed by atoms with Gasteiger partial charge < -0.3 is 4.90 Å². The minimum absolute atomic E-state index is 0.0256. The maximum atomic E-state index is 12.4. The number of imide groups is 1. The summed E-state index contributed by atoms with van der Waals surface area (Å²) in [4.78, 5) is 38.9. The van der Waals surface area contributed by atoms with E-state index >= 15 is 0 Å². The number of thioether (sulfide) groups is 1. The van der Waals surface area contributed by atoms with Crippen LogP contribution in [-0.2, 0) is 16.0 Å². The quantitative estimate of drug-likeness (QED) is 0.847. The van der Waals surface area contributed by atoms with Gasteiger partial charge in [0.05, 0.1) is 18.2 Å². The molecule has 2 fully saturated rings. The highest BCUT2D eigenvalue weighted by molar-refractivity contribution is 8.14. The summed E-state index contributed by atoms with van der Waals surface area (Å²) in [6, 6.07) is 7.07. The molecule has 1 aromatic rings. The van der Waals surface area contributed by atoms with Gasteiger partial charge in [-0.25, -0.2) is 0 Å². The third-order valence-corrected chi connectivity index (χ3v) is 5.17. The molecule has 3 amide bonds. The van der Waals surface area contributed by atoms with Crippen LogP contribution in [0.3, 0.4) is 0 Å². The van der Waals surface area contributed by atoms with E-state index in [-0.39, 0.29) is 35.3 Å². The minimum Gasteiger partial charge on any atom is -0.340 e. The molecule has 0 N–H and O–H groups in total. The molecule has 0 unspecified atom stereocenters. The number of carbonyl (C=O) groups excluding carboxylic acids is 3. The maximum absolute atomic E-state index is 12.4. The van der Waals surface area contributed by atoms with Gasteiger partial charge >= 0.3 is 0 Å². The first-order valence-electron chi connectivity index (χ1n) is 7.06. The van der Waals surface area contributed by atoms with E-state index in [9.17, 15) is 14.4 Å². The Labute approximate surface area is 137 Å². The van der Waals surface area contributed by atoms with Crippen LogP contribution in [0.15, 0.2) is 24.3 Å². The molecule has 2 heterocycles. The monoisotopic (exact) mass is 338 g/mol. The van der Waals surface area contributed by atoms with Crippen LogP contribution in [-0.4, -0.2) is 51.7 Å². The predicted molar refractivity (Wildman–Crippen MR) is 84.8 cm³/mol. The second-order valence-corrected chi connectivity index (χ2v) is 6.70. The van der Waals surface area contributed by atoms with Crippen molar-refractivity contribution in [2.75, 3.05) is 18.8 Å². The van der Waals surface area contributed by atoms with Crippen molar-refractivity contribution in [1.82, 2.24) is 9.80 Å². The highest BCUT2D eigenvalue weighted by Crippen LogP contribution is 2.26. The molecular formula is C15H15ClN2O3S. The second kappa shape index (κ2) is 6.30. The van der Waals surface area contributed by atoms with E-state index in [2.05, 4.69) is 0 Å². The minimum atomic E-state index is -0.199. The van der Waals surface area contributed by atoms with E-state index in [1.165, 1.54) is 4.90 Å². The molecule has 7 heteroatoms. The molecule has 2 saturated heterocycles. The molecule has 2 aliphatic heterocycles. The highest BCUT2D eigenvalue weighted by atomic mass is 35.5. The Morgan fingerprint density at radius 1 is 1.32 bits per heavy atom. The fourth-order valence-electron chi connectivity index (χ4n) is 2.81. The van der Waals surface area contributed by atoms with Crippen LogP contribution in [0, 0.1) is 0 Å². The van der Waals surface area contributed by atoms with Crippen LogP contribution in [0.2, 0.25) is 5.02 Å². The van der Waals surface area contributed by atoms with E-state index in [1.54, 1.807) is 11.0 Å². The zero-order chi connectivity index (χ0) is 15.7. The second-order valence-electron chi connectivity index (χ2n) is 5.37. The third-order valence-electron chi connectivity index (χ3n) is 3.97. The van der Waals surface area contributed by atoms with Gasteiger partial charge in [-0.05, 0) is 18.1 Å². The number of hydrogen-bond donors (Lipinski definition) is 0. The van der Waals surface area contributed by atoms with Gasteiger partial charge in [-0.2, -0.15) is 0 Å². The van der Waals surface area contributed by atoms with E-state index in [0.717, 1.165) is 17.3 Å². The lowest BCUT2D eigenvalue weighted by molar-refractivity contribution is -0.131. The van der Waals surface area contributed by atoms with E-state index < -0.39 is 0 Å². The van der Waals surface area contributed by atoms with Crippen LogP contribution >= 0.6 is 23.4 Å². The number of halogens is 1. The smallest absolute Gasteiger partial charge is 0.289 e. The lowest BCUT2D eigenvalue weighted by atomic mass is 10.1. The van der Waals surface area contributed by atoms with Gasteiger partial charge in [-0.15, -0.1) is 0 Å². The van der Waals surface area contributed by atoms with E-state index in [1.807, 2.05) is 18.2 Å². The average Bonchev–Trinajstić information content (AvgIpc) is 3.08. The van der Waals surface area contributed by atoms with Crippen molar-refractivity contribution in [3.05, 3.63) is 34.9 Å². The average molecular weight is 339 g/mol. The van der Waals surface area contributed by atoms with Crippen LogP contribution in [0.1, 0.15) is 12.0 Å². The van der Waals surface area contributed by atoms with Crippen molar-refractivity contribution in [2.45, 2.75) is 18.9 Å². The van der Waals surface area contributed by atoms with Crippen LogP contribution in [0.4, 0.5) is 4.79 Å². The van der Waals surface area contributed by atoms with Crippen molar-refractivity contribution in [3.63, 3.8) is 0 Å². The Kier molecular flexibility index (Phi) is 4.40. The van der Waals surface area contributed by atoms with Crippen molar-refractivity contribution >= 4 is 40.4 Å². The van der Waals surface area contributed by atoms with Gasteiger partial charge in [0.15, 0.2) is 0 Å². The molecule has 22 heavy (non-hydrogen) atoms. The molecule has 0 aromatic heterocycles. The SMILES string of the molecule is O=C(Cc1ccccc1Cl)N1CC[C@@H](N2C(=O)CSC2=O)C1. The Balaban J connectivity index is 1.63. The predicted octanol–water partition coefficient (Wildman–Crippen LogP) is 2.18. The van der Waals surface area contributed by atoms with Crippen molar-refractivity contribution in [3.8, 4) is 0 Å². The maximum Gasteiger partial charge on any atom is 0.289 e. The molecular weight excluding hydrogens is 324 g/mol. The standard InChI is InChI=1S/C15H15ClN2O3S/c16-12-4-2-1-3-10(12)7-13(19)17-6-5-11(8-17)18-14(20)9-22-15(18)21/h1-4,11H,5-9H2/t11-/m1/s1. The molecule has 0 saturated carbocycles. The van der Waals surface area contributed by atoms with Gasteiger partial charge in [-0.1, -0.05) is 41.6 Å². The summed E-state index contributed by atoms with van der Waals surface area (Å²) in [7, 11) is 0. The first-order chi connectivity index (χ1) is 10.6. The highest BCUT2D eigenvalue weighted by Gasteiger charge is 2.40. The first-order valence-corrected chi connectivity index (χ1v) is 8.42. The molecule has 3 rings (SSSR count). The molecule has 2 aliphatic rings. The Hall–Kier alpha value is -1.53. The molecule has 5 nitrogen and oxygen atoms in total. The molecule has 1 atom stereocenters. The molecule has 0 spiro atoms. The van der Waals surface area contributed by atoms with Gasteiger partial charge in [0.25, 0.3) is 5.24 Å². The van der Waals surface area contributed by atoms with Crippen LogP contribution < -0.4 is 0 Å². The molecule has 0 bridgehead atoms. The summed E-state index contributed by atoms with van der Waals surface area (Å²) in [5, 5.41) is 0.378. The zero-order valence-electron chi connectivity index (χ0n) is 11.8. The van der Waals surface area contributed by atoms with Crippen molar-refractivity contribution in [2.24, 2.45) is 0 Å². The first kappa shape index (κ1) is 15.4. The summed E-state index contributed by atoms with van der Waals surface area (Å²) in [5.41, 5.74) is 0.793. The Morgan fingerprint density at radius 2 is 2.09 bits per heavy atom. The fourth-order valence-corrected chi connectivity index (χ4v) is 3.79. The number of amides is 3. The van der Waals surface area contributed by atoms with E-state index in [4.69, 9.17) is 11.6 Å². The number of likely N-dealkylation sites (tertiary alicyclic amines) is 1. The van der Waals surface area contributed by atoms with Gasteiger partial charge in [0.1, 0.15) is 0 Å².